The van der Waals surface area contributed by atoms with E-state index in [0.717, 1.165) is 13.0 Å². The van der Waals surface area contributed by atoms with Gasteiger partial charge in [0.25, 0.3) is 0 Å². The maximum atomic E-state index is 5.59. The molecule has 0 bridgehead atoms. The Hall–Kier alpha value is -1.59. The van der Waals surface area contributed by atoms with Gasteiger partial charge in [-0.3, -0.25) is 0 Å². The van der Waals surface area contributed by atoms with E-state index < -0.39 is 0 Å². The van der Waals surface area contributed by atoms with E-state index >= 15 is 0 Å². The zero-order valence-electron chi connectivity index (χ0n) is 9.93. The number of nitrogens with zero attached hydrogens (tertiary/aromatic N) is 4. The maximum absolute atomic E-state index is 5.59. The second kappa shape index (κ2) is 4.51. The number of fused-ring (bicyclic) bond motifs is 1. The molecule has 0 saturated heterocycles. The normalized spacial score (nSPS) is 13.2. The molecular formula is C10H17N4O2+. The quantitative estimate of drug-likeness (QED) is 0.676. The van der Waals surface area contributed by atoms with Crippen LogP contribution in [0.15, 0.2) is 0 Å². The van der Waals surface area contributed by atoms with Crippen molar-refractivity contribution in [3.05, 3.63) is 0 Å². The van der Waals surface area contributed by atoms with Gasteiger partial charge in [-0.05, 0) is 16.4 Å². The van der Waals surface area contributed by atoms with Crippen LogP contribution in [0, 0.1) is 0 Å². The number of anilines is 1. The molecule has 0 N–H and O–H groups in total. The monoisotopic (exact) mass is 225 g/mol. The fourth-order valence-corrected chi connectivity index (χ4v) is 1.43. The van der Waals surface area contributed by atoms with Gasteiger partial charge in [0.1, 0.15) is 13.2 Å². The van der Waals surface area contributed by atoms with Crippen LogP contribution >= 0.6 is 0 Å². The molecule has 1 aliphatic heterocycles. The van der Waals surface area contributed by atoms with Crippen LogP contribution < -0.4 is 18.9 Å². The van der Waals surface area contributed by atoms with Crippen molar-refractivity contribution in [3.63, 3.8) is 0 Å². The first-order valence-corrected chi connectivity index (χ1v) is 5.47. The van der Waals surface area contributed by atoms with E-state index in [2.05, 4.69) is 16.9 Å². The fourth-order valence-electron chi connectivity index (χ4n) is 1.43. The molecule has 6 heteroatoms. The van der Waals surface area contributed by atoms with E-state index in [4.69, 9.17) is 9.47 Å². The van der Waals surface area contributed by atoms with Crippen LogP contribution in [-0.2, 0) is 6.54 Å². The largest absolute Gasteiger partial charge is 0.442 e. The molecule has 0 aromatic carbocycles. The van der Waals surface area contributed by atoms with Crippen LogP contribution in [0.5, 0.6) is 12.0 Å². The molecule has 88 valence electrons. The summed E-state index contributed by atoms with van der Waals surface area (Å²) < 4.78 is 12.9. The Balaban J connectivity index is 2.33. The Labute approximate surface area is 94.8 Å². The van der Waals surface area contributed by atoms with Crippen LogP contribution in [0.3, 0.4) is 0 Å². The third-order valence-corrected chi connectivity index (χ3v) is 2.23. The van der Waals surface area contributed by atoms with E-state index in [1.807, 2.05) is 23.6 Å². The average molecular weight is 225 g/mol. The number of aromatic nitrogens is 3. The maximum Gasteiger partial charge on any atom is 0.442 e. The molecule has 0 fully saturated rings. The smallest absolute Gasteiger partial charge is 0.441 e. The third kappa shape index (κ3) is 2.00. The number of hydrogen-bond donors (Lipinski definition) is 0. The summed E-state index contributed by atoms with van der Waals surface area (Å²) in [5.41, 5.74) is 0. The Morgan fingerprint density at radius 3 is 2.94 bits per heavy atom. The van der Waals surface area contributed by atoms with Crippen LogP contribution in [0.1, 0.15) is 13.3 Å². The molecule has 0 amide bonds. The second-order valence-electron chi connectivity index (χ2n) is 3.83. The first-order chi connectivity index (χ1) is 7.72. The summed E-state index contributed by atoms with van der Waals surface area (Å²) in [6.45, 7) is 4.11. The average Bonchev–Trinajstić information content (AvgIpc) is 2.73. The summed E-state index contributed by atoms with van der Waals surface area (Å²) in [4.78, 5) is 10.5. The standard InChI is InChI=1S/C10H17N4O2/c1-4-6-15-9-11-8(13(2)3)12-10-14(9)5-7-16-10/h4-7H2,1-3H3/q+1. The molecule has 0 radical (unpaired) electrons. The Morgan fingerprint density at radius 2 is 2.25 bits per heavy atom. The van der Waals surface area contributed by atoms with Crippen LogP contribution in [-0.4, -0.2) is 37.3 Å². The lowest BCUT2D eigenvalue weighted by atomic mass is 10.5. The highest BCUT2D eigenvalue weighted by molar-refractivity contribution is 5.27. The van der Waals surface area contributed by atoms with Crippen LogP contribution in [0.4, 0.5) is 5.95 Å². The molecule has 0 saturated carbocycles. The van der Waals surface area contributed by atoms with Crippen molar-refractivity contribution in [2.24, 2.45) is 0 Å². The lowest BCUT2D eigenvalue weighted by molar-refractivity contribution is -0.690. The van der Waals surface area contributed by atoms with Crippen molar-refractivity contribution in [3.8, 4) is 12.0 Å². The van der Waals surface area contributed by atoms with Gasteiger partial charge in [0, 0.05) is 14.1 Å². The van der Waals surface area contributed by atoms with Gasteiger partial charge in [0.05, 0.1) is 6.61 Å². The molecule has 1 aliphatic rings. The zero-order chi connectivity index (χ0) is 11.5. The molecule has 0 spiro atoms. The van der Waals surface area contributed by atoms with Crippen LogP contribution in [0.25, 0.3) is 0 Å². The van der Waals surface area contributed by atoms with Crippen molar-refractivity contribution >= 4 is 5.95 Å². The summed E-state index contributed by atoms with van der Waals surface area (Å²) in [5.74, 6) is 0.610. The van der Waals surface area contributed by atoms with E-state index in [0.29, 0.717) is 31.2 Å². The van der Waals surface area contributed by atoms with Gasteiger partial charge in [0.15, 0.2) is 0 Å². The molecule has 2 rings (SSSR count). The van der Waals surface area contributed by atoms with Gasteiger partial charge in [0.2, 0.25) is 0 Å². The molecule has 0 unspecified atom stereocenters. The number of ether oxygens (including phenoxy) is 2. The van der Waals surface area contributed by atoms with E-state index in [-0.39, 0.29) is 0 Å². The first-order valence-electron chi connectivity index (χ1n) is 5.47. The lowest BCUT2D eigenvalue weighted by Crippen LogP contribution is -2.36. The van der Waals surface area contributed by atoms with Gasteiger partial charge >= 0.3 is 18.0 Å². The molecule has 16 heavy (non-hydrogen) atoms. The van der Waals surface area contributed by atoms with Crippen molar-refractivity contribution in [1.82, 2.24) is 9.97 Å². The predicted molar refractivity (Wildman–Crippen MR) is 57.8 cm³/mol. The highest BCUT2D eigenvalue weighted by Crippen LogP contribution is 2.15. The predicted octanol–water partition coefficient (Wildman–Crippen LogP) is 0.0113. The number of rotatable bonds is 4. The highest BCUT2D eigenvalue weighted by atomic mass is 16.5. The molecule has 1 aromatic heterocycles. The summed E-state index contributed by atoms with van der Waals surface area (Å²) in [6, 6.07) is 1.18. The van der Waals surface area contributed by atoms with Crippen molar-refractivity contribution < 1.29 is 14.0 Å². The van der Waals surface area contributed by atoms with Crippen LogP contribution in [0.2, 0.25) is 0 Å². The van der Waals surface area contributed by atoms with Crippen molar-refractivity contribution in [2.45, 2.75) is 19.9 Å². The minimum absolute atomic E-state index is 0.588. The minimum Gasteiger partial charge on any atom is -0.441 e. The SMILES string of the molecule is CCCOc1nc(N(C)C)nc2[n+]1CCO2. The molecule has 0 atom stereocenters. The highest BCUT2D eigenvalue weighted by Gasteiger charge is 2.29. The van der Waals surface area contributed by atoms with Gasteiger partial charge < -0.3 is 14.4 Å². The number of hydrogen-bond acceptors (Lipinski definition) is 5. The summed E-state index contributed by atoms with van der Waals surface area (Å²) in [5, 5.41) is 0. The topological polar surface area (TPSA) is 51.4 Å². The third-order valence-electron chi connectivity index (χ3n) is 2.23. The summed E-state index contributed by atoms with van der Waals surface area (Å²) in [7, 11) is 3.79. The molecule has 0 aliphatic carbocycles. The second-order valence-corrected chi connectivity index (χ2v) is 3.83. The molecule has 6 nitrogen and oxygen atoms in total. The minimum atomic E-state index is 0.588. The molecular weight excluding hydrogens is 208 g/mol. The van der Waals surface area contributed by atoms with Gasteiger partial charge in [-0.25, -0.2) is 0 Å². The Morgan fingerprint density at radius 1 is 1.44 bits per heavy atom. The van der Waals surface area contributed by atoms with Crippen molar-refractivity contribution in [2.75, 3.05) is 32.2 Å². The summed E-state index contributed by atoms with van der Waals surface area (Å²) in [6.07, 6.45) is 0.956. The molecule has 1 aromatic rings. The lowest BCUT2D eigenvalue weighted by Gasteiger charge is -2.06. The Bertz CT molecular complexity index is 381. The van der Waals surface area contributed by atoms with Gasteiger partial charge in [-0.1, -0.05) is 6.92 Å². The molecule has 2 heterocycles. The summed E-state index contributed by atoms with van der Waals surface area (Å²) >= 11 is 0. The Kier molecular flexibility index (Phi) is 3.07. The fraction of sp³-hybridized carbons (Fsp3) is 0.700. The van der Waals surface area contributed by atoms with Gasteiger partial charge in [-0.15, -0.1) is 0 Å². The first kappa shape index (κ1) is 10.9. The zero-order valence-corrected chi connectivity index (χ0v) is 9.93. The van der Waals surface area contributed by atoms with E-state index in [1.165, 1.54) is 0 Å². The van der Waals surface area contributed by atoms with E-state index in [9.17, 15) is 0 Å². The van der Waals surface area contributed by atoms with Crippen molar-refractivity contribution in [1.29, 1.82) is 0 Å². The van der Waals surface area contributed by atoms with Gasteiger partial charge in [-0.2, -0.15) is 4.57 Å². The van der Waals surface area contributed by atoms with E-state index in [1.54, 1.807) is 0 Å².